The van der Waals surface area contributed by atoms with E-state index in [2.05, 4.69) is 79.1 Å². The SMILES string of the molecule is CC/C=C\C/C=C\C/C=C\C/C=C\CCCCC(=O)O[C@H](COC(=O)CCCC(O)C(O)C/C=C\C/C=C\C/C=C\CCCCC)COP(=O)(O)OC[C@H](N)C(=O)O. The molecule has 0 aromatic carbocycles. The number of hydrogen-bond acceptors (Lipinski definition) is 11. The van der Waals surface area contributed by atoms with Crippen LogP contribution in [0.1, 0.15) is 129 Å². The van der Waals surface area contributed by atoms with E-state index in [0.29, 0.717) is 19.3 Å². The van der Waals surface area contributed by atoms with Gasteiger partial charge >= 0.3 is 25.7 Å². The number of aliphatic hydroxyl groups excluding tert-OH is 2. The summed E-state index contributed by atoms with van der Waals surface area (Å²) >= 11 is 0. The molecule has 0 radical (unpaired) electrons. The molecule has 0 rings (SSSR count). The van der Waals surface area contributed by atoms with Gasteiger partial charge in [0.1, 0.15) is 12.6 Å². The Morgan fingerprint density at radius 1 is 0.621 bits per heavy atom. The lowest BCUT2D eigenvalue weighted by molar-refractivity contribution is -0.161. The third kappa shape index (κ3) is 35.7. The van der Waals surface area contributed by atoms with Gasteiger partial charge in [0.2, 0.25) is 0 Å². The number of esters is 2. The van der Waals surface area contributed by atoms with Crippen molar-refractivity contribution in [3.63, 3.8) is 0 Å². The average molecular weight is 838 g/mol. The molecular formula is C44H72NO12P. The first-order valence-corrected chi connectivity index (χ1v) is 22.3. The summed E-state index contributed by atoms with van der Waals surface area (Å²) < 4.78 is 32.4. The van der Waals surface area contributed by atoms with Crippen LogP contribution in [0.15, 0.2) is 85.1 Å². The standard InChI is InChI=1S/C44H72NO12P/c1-3-5-7-9-11-13-15-17-18-19-21-23-25-27-29-33-43(49)57-38(36-55-58(52,53)56-37-39(45)44(50)51)35-54-42(48)34-30-32-41(47)40(46)31-28-26-24-22-20-16-14-12-10-8-6-4-2/h5,7,11-14,17-18,20-23,26,28,38-41,46-47H,3-4,6,8-10,15-16,19,24-25,27,29-37,45H2,1-2H3,(H,50,51)(H,52,53)/b7-5-,13-11-,14-12-,18-17-,22-20-,23-21-,28-26-/t38-,39+,40?,41?/m1/s1. The Labute approximate surface area is 347 Å². The quantitative estimate of drug-likeness (QED) is 0.0172. The number of phosphoric acid groups is 1. The molecular weight excluding hydrogens is 765 g/mol. The highest BCUT2D eigenvalue weighted by atomic mass is 31.2. The molecule has 58 heavy (non-hydrogen) atoms. The van der Waals surface area contributed by atoms with Crippen LogP contribution in [0.5, 0.6) is 0 Å². The number of allylic oxidation sites excluding steroid dienone is 13. The van der Waals surface area contributed by atoms with Crippen LogP contribution in [0.3, 0.4) is 0 Å². The van der Waals surface area contributed by atoms with Crippen molar-refractivity contribution < 1.29 is 57.7 Å². The van der Waals surface area contributed by atoms with Gasteiger partial charge in [-0.3, -0.25) is 23.4 Å². The van der Waals surface area contributed by atoms with E-state index in [-0.39, 0.29) is 32.1 Å². The third-order valence-corrected chi connectivity index (χ3v) is 9.28. The van der Waals surface area contributed by atoms with Crippen molar-refractivity contribution in [3.05, 3.63) is 85.1 Å². The normalized spacial score (nSPS) is 15.7. The summed E-state index contributed by atoms with van der Waals surface area (Å²) in [4.78, 5) is 45.9. The fourth-order valence-electron chi connectivity index (χ4n) is 4.92. The van der Waals surface area contributed by atoms with Crippen LogP contribution in [-0.2, 0) is 37.5 Å². The van der Waals surface area contributed by atoms with Crippen molar-refractivity contribution in [2.45, 2.75) is 154 Å². The van der Waals surface area contributed by atoms with E-state index >= 15 is 0 Å². The number of ether oxygens (including phenoxy) is 2. The summed E-state index contributed by atoms with van der Waals surface area (Å²) in [5.41, 5.74) is 5.31. The van der Waals surface area contributed by atoms with Gasteiger partial charge < -0.3 is 35.4 Å². The number of rotatable bonds is 37. The van der Waals surface area contributed by atoms with Crippen molar-refractivity contribution in [3.8, 4) is 0 Å². The second-order valence-electron chi connectivity index (χ2n) is 13.7. The molecule has 0 aliphatic rings. The van der Waals surface area contributed by atoms with E-state index in [1.807, 2.05) is 18.2 Å². The molecule has 0 saturated heterocycles. The molecule has 0 amide bonds. The number of unbranched alkanes of at least 4 members (excludes halogenated alkanes) is 5. The fraction of sp³-hybridized carbons (Fsp3) is 0.614. The topological polar surface area (TPSA) is 212 Å². The summed E-state index contributed by atoms with van der Waals surface area (Å²) in [6, 6.07) is -1.57. The third-order valence-electron chi connectivity index (χ3n) is 8.33. The van der Waals surface area contributed by atoms with Crippen LogP contribution in [0, 0.1) is 0 Å². The summed E-state index contributed by atoms with van der Waals surface area (Å²) in [6.07, 6.45) is 38.3. The number of hydrogen-bond donors (Lipinski definition) is 5. The van der Waals surface area contributed by atoms with E-state index in [1.165, 1.54) is 19.3 Å². The van der Waals surface area contributed by atoms with Crippen LogP contribution >= 0.6 is 7.82 Å². The molecule has 0 aliphatic heterocycles. The molecule has 3 unspecified atom stereocenters. The highest BCUT2D eigenvalue weighted by Crippen LogP contribution is 2.43. The first-order valence-electron chi connectivity index (χ1n) is 20.8. The Bertz CT molecular complexity index is 1340. The molecule has 5 atom stereocenters. The van der Waals surface area contributed by atoms with Crippen molar-refractivity contribution >= 4 is 25.7 Å². The largest absolute Gasteiger partial charge is 0.480 e. The molecule has 0 fully saturated rings. The van der Waals surface area contributed by atoms with Crippen LogP contribution in [-0.4, -0.2) is 82.3 Å². The zero-order valence-corrected chi connectivity index (χ0v) is 35.7. The number of carbonyl (C=O) groups is 3. The number of nitrogens with two attached hydrogens (primary N) is 1. The highest BCUT2D eigenvalue weighted by Gasteiger charge is 2.28. The predicted octanol–water partition coefficient (Wildman–Crippen LogP) is 8.66. The fourth-order valence-corrected chi connectivity index (χ4v) is 5.70. The molecule has 0 saturated carbocycles. The van der Waals surface area contributed by atoms with Gasteiger partial charge in [-0.1, -0.05) is 112 Å². The molecule has 0 heterocycles. The minimum Gasteiger partial charge on any atom is -0.480 e. The Kier molecular flexibility index (Phi) is 35.6. The van der Waals surface area contributed by atoms with Crippen molar-refractivity contribution in [2.75, 3.05) is 19.8 Å². The Balaban J connectivity index is 4.72. The maximum atomic E-state index is 12.6. The number of carboxylic acids is 1. The second kappa shape index (κ2) is 37.8. The minimum atomic E-state index is -4.80. The number of carboxylic acid groups (broad SMARTS) is 1. The molecule has 0 spiro atoms. The molecule has 0 aliphatic carbocycles. The lowest BCUT2D eigenvalue weighted by Crippen LogP contribution is -2.34. The summed E-state index contributed by atoms with van der Waals surface area (Å²) in [5.74, 6) is -2.77. The Hall–Kier alpha value is -3.42. The minimum absolute atomic E-state index is 0.0433. The van der Waals surface area contributed by atoms with Gasteiger partial charge in [0.15, 0.2) is 6.10 Å². The van der Waals surface area contributed by atoms with Gasteiger partial charge in [-0.15, -0.1) is 0 Å². The zero-order chi connectivity index (χ0) is 43.1. The molecule has 0 aromatic heterocycles. The van der Waals surface area contributed by atoms with Crippen molar-refractivity contribution in [1.29, 1.82) is 0 Å². The van der Waals surface area contributed by atoms with E-state index in [4.69, 9.17) is 24.8 Å². The first kappa shape index (κ1) is 54.6. The maximum Gasteiger partial charge on any atom is 0.472 e. The molecule has 13 nitrogen and oxygen atoms in total. The lowest BCUT2D eigenvalue weighted by Gasteiger charge is -2.20. The molecule has 0 bridgehead atoms. The van der Waals surface area contributed by atoms with Crippen molar-refractivity contribution in [1.82, 2.24) is 0 Å². The maximum absolute atomic E-state index is 12.6. The number of aliphatic carboxylic acids is 1. The van der Waals surface area contributed by atoms with Crippen LogP contribution in [0.2, 0.25) is 0 Å². The van der Waals surface area contributed by atoms with Crippen LogP contribution in [0.25, 0.3) is 0 Å². The highest BCUT2D eigenvalue weighted by molar-refractivity contribution is 7.47. The lowest BCUT2D eigenvalue weighted by atomic mass is 10.0. The monoisotopic (exact) mass is 837 g/mol. The zero-order valence-electron chi connectivity index (χ0n) is 34.8. The Morgan fingerprint density at radius 3 is 1.67 bits per heavy atom. The summed E-state index contributed by atoms with van der Waals surface area (Å²) in [6.45, 7) is 2.29. The van der Waals surface area contributed by atoms with Gasteiger partial charge in [-0.05, 0) is 89.9 Å². The second-order valence-corrected chi connectivity index (χ2v) is 15.1. The molecule has 14 heteroatoms. The van der Waals surface area contributed by atoms with Crippen LogP contribution in [0.4, 0.5) is 0 Å². The van der Waals surface area contributed by atoms with Gasteiger partial charge in [0, 0.05) is 12.8 Å². The van der Waals surface area contributed by atoms with Gasteiger partial charge in [0.25, 0.3) is 0 Å². The first-order chi connectivity index (χ1) is 27.9. The molecule has 0 aromatic rings. The van der Waals surface area contributed by atoms with E-state index in [0.717, 1.165) is 44.9 Å². The van der Waals surface area contributed by atoms with E-state index in [1.54, 1.807) is 6.08 Å². The smallest absolute Gasteiger partial charge is 0.472 e. The molecule has 330 valence electrons. The van der Waals surface area contributed by atoms with Gasteiger partial charge in [-0.2, -0.15) is 0 Å². The van der Waals surface area contributed by atoms with Gasteiger partial charge in [0.05, 0.1) is 25.4 Å². The average Bonchev–Trinajstić information content (AvgIpc) is 3.19. The Morgan fingerprint density at radius 2 is 1.12 bits per heavy atom. The number of carbonyl (C=O) groups excluding carboxylic acids is 2. The van der Waals surface area contributed by atoms with E-state index < -0.39 is 69.9 Å². The number of phosphoric ester groups is 1. The number of aliphatic hydroxyl groups is 2. The predicted molar refractivity (Wildman–Crippen MR) is 229 cm³/mol. The summed E-state index contributed by atoms with van der Waals surface area (Å²) in [5, 5.41) is 29.5. The van der Waals surface area contributed by atoms with Crippen molar-refractivity contribution in [2.24, 2.45) is 5.73 Å². The molecule has 6 N–H and O–H groups in total. The van der Waals surface area contributed by atoms with E-state index in [9.17, 15) is 34.1 Å². The van der Waals surface area contributed by atoms with Gasteiger partial charge in [-0.25, -0.2) is 4.57 Å². The summed E-state index contributed by atoms with van der Waals surface area (Å²) in [7, 11) is -4.80. The van der Waals surface area contributed by atoms with Crippen LogP contribution < -0.4 is 5.73 Å².